The molecule has 2 aromatic heterocycles. The second-order valence-corrected chi connectivity index (χ2v) is 4.24. The number of hydrogen-bond donors (Lipinski definition) is 0. The molecule has 0 aromatic carbocycles. The molecule has 0 radical (unpaired) electrons. The van der Waals surface area contributed by atoms with Crippen molar-refractivity contribution < 1.29 is 8.42 Å². The predicted molar refractivity (Wildman–Crippen MR) is 43.4 cm³/mol. The number of aromatic nitrogens is 5. The van der Waals surface area contributed by atoms with Crippen LogP contribution in [-0.2, 0) is 10.0 Å². The molecule has 0 unspecified atom stereocenters. The molecule has 2 heterocycles. The first-order valence-electron chi connectivity index (χ1n) is 3.31. The van der Waals surface area contributed by atoms with Crippen molar-refractivity contribution in [2.24, 2.45) is 0 Å². The zero-order valence-electron chi connectivity index (χ0n) is 6.62. The first kappa shape index (κ1) is 8.05. The van der Waals surface area contributed by atoms with Crippen LogP contribution in [0.1, 0.15) is 0 Å². The number of rotatable bonds is 1. The van der Waals surface area contributed by atoms with Crippen LogP contribution in [0, 0.1) is 0 Å². The minimum Gasteiger partial charge on any atom is -0.242 e. The van der Waals surface area contributed by atoms with Crippen LogP contribution in [0.15, 0.2) is 12.5 Å². The highest BCUT2D eigenvalue weighted by Gasteiger charge is 2.13. The predicted octanol–water partition coefficient (Wildman–Crippen LogP) is -0.971. The first-order valence-corrected chi connectivity index (χ1v) is 5.16. The maximum Gasteiger partial charge on any atom is 0.254 e. The average Bonchev–Trinajstić information content (AvgIpc) is 2.45. The zero-order valence-corrected chi connectivity index (χ0v) is 7.43. The molecule has 7 nitrogen and oxygen atoms in total. The minimum atomic E-state index is -3.43. The maximum atomic E-state index is 11.1. The van der Waals surface area contributed by atoms with Gasteiger partial charge in [-0.1, -0.05) is 0 Å². The molecule has 2 rings (SSSR count). The lowest BCUT2D eigenvalue weighted by Crippen LogP contribution is -2.12. The van der Waals surface area contributed by atoms with E-state index in [1.54, 1.807) is 0 Å². The van der Waals surface area contributed by atoms with Crippen LogP contribution in [0.25, 0.3) is 11.2 Å². The minimum absolute atomic E-state index is 0.192. The number of nitrogens with zero attached hydrogens (tertiary/aromatic N) is 5. The molecule has 0 aliphatic rings. The normalized spacial score (nSPS) is 12.1. The lowest BCUT2D eigenvalue weighted by atomic mass is 10.6. The van der Waals surface area contributed by atoms with E-state index in [4.69, 9.17) is 0 Å². The molecule has 0 aliphatic heterocycles. The van der Waals surface area contributed by atoms with E-state index in [1.165, 1.54) is 12.5 Å². The fourth-order valence-electron chi connectivity index (χ4n) is 0.888. The Balaban J connectivity index is 2.87. The van der Waals surface area contributed by atoms with Gasteiger partial charge in [-0.05, 0) is 5.21 Å². The summed E-state index contributed by atoms with van der Waals surface area (Å²) in [5.41, 5.74) is 0.547. The summed E-state index contributed by atoms with van der Waals surface area (Å²) in [6.45, 7) is 0. The number of fused-ring (bicyclic) bond motifs is 1. The first-order chi connectivity index (χ1) is 6.09. The molecule has 0 aliphatic carbocycles. The van der Waals surface area contributed by atoms with Crippen molar-refractivity contribution in [3.05, 3.63) is 12.5 Å². The van der Waals surface area contributed by atoms with Gasteiger partial charge in [-0.15, -0.1) is 9.19 Å². The van der Waals surface area contributed by atoms with Gasteiger partial charge in [-0.2, -0.15) is 0 Å². The summed E-state index contributed by atoms with van der Waals surface area (Å²) < 4.78 is 23.0. The molecular weight excluding hydrogens is 194 g/mol. The third-order valence-electron chi connectivity index (χ3n) is 1.40. The van der Waals surface area contributed by atoms with Crippen molar-refractivity contribution in [1.29, 1.82) is 0 Å². The number of hydrogen-bond acceptors (Lipinski definition) is 6. The van der Waals surface area contributed by atoms with Crippen LogP contribution in [0.4, 0.5) is 0 Å². The third kappa shape index (κ3) is 1.24. The van der Waals surface area contributed by atoms with E-state index < -0.39 is 10.0 Å². The van der Waals surface area contributed by atoms with Crippen molar-refractivity contribution in [3.8, 4) is 0 Å². The highest BCUT2D eigenvalue weighted by molar-refractivity contribution is 7.89. The van der Waals surface area contributed by atoms with E-state index in [2.05, 4.69) is 20.3 Å². The molecule has 2 aromatic rings. The summed E-state index contributed by atoms with van der Waals surface area (Å²) in [6.07, 6.45) is 3.67. The molecule has 0 amide bonds. The SMILES string of the molecule is CS(=O)(=O)n1nnc2cncnc21. The van der Waals surface area contributed by atoms with Gasteiger partial charge in [0.2, 0.25) is 0 Å². The molecule has 0 fully saturated rings. The summed E-state index contributed by atoms with van der Waals surface area (Å²) in [5, 5.41) is 7.04. The third-order valence-corrected chi connectivity index (χ3v) is 2.28. The molecule has 0 bridgehead atoms. The van der Waals surface area contributed by atoms with Crippen LogP contribution in [0.3, 0.4) is 0 Å². The van der Waals surface area contributed by atoms with Crippen molar-refractivity contribution in [1.82, 2.24) is 24.4 Å². The van der Waals surface area contributed by atoms with Gasteiger partial charge in [0.15, 0.2) is 11.2 Å². The Hall–Kier alpha value is -1.57. The van der Waals surface area contributed by atoms with Gasteiger partial charge in [0.1, 0.15) is 6.33 Å². The second kappa shape index (κ2) is 2.46. The lowest BCUT2D eigenvalue weighted by Gasteiger charge is -1.94. The highest BCUT2D eigenvalue weighted by Crippen LogP contribution is 2.05. The Morgan fingerprint density at radius 1 is 1.46 bits per heavy atom. The van der Waals surface area contributed by atoms with Crippen molar-refractivity contribution in [2.45, 2.75) is 0 Å². The van der Waals surface area contributed by atoms with Crippen LogP contribution in [-0.4, -0.2) is 39.0 Å². The largest absolute Gasteiger partial charge is 0.254 e. The summed E-state index contributed by atoms with van der Waals surface area (Å²) in [7, 11) is -3.43. The monoisotopic (exact) mass is 199 g/mol. The van der Waals surface area contributed by atoms with Gasteiger partial charge in [0.05, 0.1) is 12.5 Å². The van der Waals surface area contributed by atoms with Crippen LogP contribution in [0.5, 0.6) is 0 Å². The van der Waals surface area contributed by atoms with Gasteiger partial charge in [-0.3, -0.25) is 0 Å². The molecule has 0 N–H and O–H groups in total. The van der Waals surface area contributed by atoms with E-state index in [9.17, 15) is 8.42 Å². The second-order valence-electron chi connectivity index (χ2n) is 2.43. The molecule has 8 heteroatoms. The Kier molecular flexibility index (Phi) is 1.52. The lowest BCUT2D eigenvalue weighted by molar-refractivity contribution is 0.585. The molecular formula is C5H5N5O2S. The van der Waals surface area contributed by atoms with Gasteiger partial charge < -0.3 is 0 Å². The van der Waals surface area contributed by atoms with E-state index >= 15 is 0 Å². The fourth-order valence-corrected chi connectivity index (χ4v) is 1.51. The summed E-state index contributed by atoms with van der Waals surface area (Å²) in [5.74, 6) is 0. The van der Waals surface area contributed by atoms with Crippen molar-refractivity contribution in [3.63, 3.8) is 0 Å². The Morgan fingerprint density at radius 3 is 2.92 bits per heavy atom. The molecule has 13 heavy (non-hydrogen) atoms. The Morgan fingerprint density at radius 2 is 2.23 bits per heavy atom. The zero-order chi connectivity index (χ0) is 9.47. The maximum absolute atomic E-state index is 11.1. The smallest absolute Gasteiger partial charge is 0.242 e. The highest BCUT2D eigenvalue weighted by atomic mass is 32.2. The summed E-state index contributed by atoms with van der Waals surface area (Å²) in [4.78, 5) is 7.44. The van der Waals surface area contributed by atoms with Crippen molar-refractivity contribution in [2.75, 3.05) is 6.26 Å². The van der Waals surface area contributed by atoms with Gasteiger partial charge in [0, 0.05) is 0 Å². The molecule has 68 valence electrons. The van der Waals surface area contributed by atoms with Crippen LogP contribution < -0.4 is 0 Å². The van der Waals surface area contributed by atoms with Gasteiger partial charge in [-0.25, -0.2) is 18.4 Å². The van der Waals surface area contributed by atoms with E-state index in [0.29, 0.717) is 5.52 Å². The summed E-state index contributed by atoms with van der Waals surface area (Å²) >= 11 is 0. The fraction of sp³-hybridized carbons (Fsp3) is 0.200. The van der Waals surface area contributed by atoms with E-state index in [1.807, 2.05) is 0 Å². The topological polar surface area (TPSA) is 90.6 Å². The molecule has 0 saturated heterocycles. The quantitative estimate of drug-likeness (QED) is 0.586. The molecule has 0 saturated carbocycles. The average molecular weight is 199 g/mol. The standard InChI is InChI=1S/C5H5N5O2S/c1-13(11,12)10-5-4(8-9-10)2-6-3-7-5/h2-3H,1H3. The van der Waals surface area contributed by atoms with Crippen LogP contribution >= 0.6 is 0 Å². The van der Waals surface area contributed by atoms with E-state index in [0.717, 1.165) is 10.3 Å². The van der Waals surface area contributed by atoms with Crippen LogP contribution in [0.2, 0.25) is 0 Å². The van der Waals surface area contributed by atoms with Gasteiger partial charge in [0.25, 0.3) is 10.0 Å². The molecule has 0 atom stereocenters. The van der Waals surface area contributed by atoms with Crippen molar-refractivity contribution >= 4 is 21.2 Å². The Labute approximate surface area is 73.5 Å². The summed E-state index contributed by atoms with van der Waals surface area (Å²) in [6, 6.07) is 0. The molecule has 0 spiro atoms. The Bertz CT molecular complexity index is 545. The van der Waals surface area contributed by atoms with Gasteiger partial charge >= 0.3 is 0 Å². The van der Waals surface area contributed by atoms with E-state index in [-0.39, 0.29) is 5.65 Å².